The van der Waals surface area contributed by atoms with E-state index in [1.807, 2.05) is 0 Å². The Morgan fingerprint density at radius 1 is 0.730 bits per heavy atom. The van der Waals surface area contributed by atoms with E-state index in [2.05, 4.69) is 47.4 Å². The van der Waals surface area contributed by atoms with E-state index in [1.54, 1.807) is 0 Å². The lowest BCUT2D eigenvalue weighted by Gasteiger charge is -2.34. The van der Waals surface area contributed by atoms with Crippen LogP contribution in [0.15, 0.2) is 24.3 Å². The number of hydrogen-bond donors (Lipinski definition) is 14. The topological polar surface area (TPSA) is 391 Å². The number of carbonyl (C=O) groups excluding carboxylic acids is 8. The molecule has 4 rings (SSSR count). The van der Waals surface area contributed by atoms with Gasteiger partial charge in [-0.15, -0.1) is 0 Å². The third kappa shape index (κ3) is 17.6. The van der Waals surface area contributed by atoms with Crippen molar-refractivity contribution in [2.45, 2.75) is 203 Å². The molecule has 416 valence electrons. The highest BCUT2D eigenvalue weighted by Gasteiger charge is 2.48. The first-order valence-corrected chi connectivity index (χ1v) is 25.9. The minimum Gasteiger partial charge on any atom is -0.508 e. The van der Waals surface area contributed by atoms with Crippen LogP contribution in [0.25, 0.3) is 0 Å². The molecular weight excluding hydrogens is 969 g/mol. The van der Waals surface area contributed by atoms with Crippen LogP contribution in [0.2, 0.25) is 0 Å². The Morgan fingerprint density at radius 3 is 1.97 bits per heavy atom. The van der Waals surface area contributed by atoms with Crippen LogP contribution in [0.1, 0.15) is 136 Å². The number of carbonyl (C=O) groups is 8. The summed E-state index contributed by atoms with van der Waals surface area (Å²) in [4.78, 5) is 112. The van der Waals surface area contributed by atoms with Crippen molar-refractivity contribution in [1.82, 2.24) is 36.4 Å². The van der Waals surface area contributed by atoms with Gasteiger partial charge in [-0.1, -0.05) is 77.8 Å². The highest BCUT2D eigenvalue weighted by atomic mass is 16.3. The number of aliphatic hydroxyl groups is 7. The molecule has 1 aromatic carbocycles. The molecule has 0 aliphatic carbocycles. The zero-order valence-corrected chi connectivity index (χ0v) is 42.8. The van der Waals surface area contributed by atoms with Crippen LogP contribution in [0.3, 0.4) is 0 Å². The Hall–Kier alpha value is -5.50. The molecule has 3 aliphatic heterocycles. The van der Waals surface area contributed by atoms with E-state index in [0.29, 0.717) is 18.3 Å². The first kappa shape index (κ1) is 61.1. The van der Waals surface area contributed by atoms with Crippen molar-refractivity contribution in [2.75, 3.05) is 13.1 Å². The van der Waals surface area contributed by atoms with Crippen LogP contribution in [-0.2, 0) is 38.4 Å². The second-order valence-electron chi connectivity index (χ2n) is 20.4. The van der Waals surface area contributed by atoms with Crippen molar-refractivity contribution in [1.29, 1.82) is 0 Å². The van der Waals surface area contributed by atoms with Gasteiger partial charge in [0.15, 0.2) is 0 Å². The number of phenols is 1. The monoisotopic (exact) mass is 1050 g/mol. The highest BCUT2D eigenvalue weighted by Crippen LogP contribution is 2.27. The number of unbranched alkanes of at least 4 members (excludes halogenated alkanes) is 5. The van der Waals surface area contributed by atoms with E-state index >= 15 is 0 Å². The van der Waals surface area contributed by atoms with Gasteiger partial charge in [0.2, 0.25) is 47.3 Å². The normalized spacial score (nSPS) is 28.2. The van der Waals surface area contributed by atoms with Gasteiger partial charge in [0, 0.05) is 25.9 Å². The van der Waals surface area contributed by atoms with E-state index < -0.39 is 152 Å². The Labute approximate surface area is 431 Å². The molecule has 24 heteroatoms. The molecule has 1 aromatic rings. The Balaban J connectivity index is 1.67. The summed E-state index contributed by atoms with van der Waals surface area (Å²) >= 11 is 0. The zero-order chi connectivity index (χ0) is 55.0. The molecule has 2 unspecified atom stereocenters. The highest BCUT2D eigenvalue weighted by molar-refractivity contribution is 5.98. The third-order valence-corrected chi connectivity index (χ3v) is 14.2. The van der Waals surface area contributed by atoms with Crippen molar-refractivity contribution in [3.05, 3.63) is 29.8 Å². The number of nitrogens with zero attached hydrogens (tertiary/aromatic N) is 2. The largest absolute Gasteiger partial charge is 0.508 e. The SMILES string of the molecule is CCC(C)CC(C)CCCCCCCCC(=O)N[C@H]1CC[C@@H](O)NC(=O)[C@@H]2[C@@H](O)CCN2C(=O)[C@H]([C@H](O)CC(N)=O)NC(=O)[C@H]([C@H](O)[C@@H](O)c2ccc(O)cc2)NC(=O)[C@@H]2C[C@@H](O)CN2C(=O)[C@H]([C@@H](C)O)NC1=O. The van der Waals surface area contributed by atoms with E-state index in [1.165, 1.54) is 18.6 Å². The number of amides is 8. The van der Waals surface area contributed by atoms with Crippen molar-refractivity contribution < 1.29 is 79.2 Å². The number of rotatable bonds is 20. The molecule has 0 spiro atoms. The fourth-order valence-electron chi connectivity index (χ4n) is 9.78. The van der Waals surface area contributed by atoms with Gasteiger partial charge in [-0.3, -0.25) is 38.4 Å². The number of fused-ring (bicyclic) bond motifs is 2. The Kier molecular flexibility index (Phi) is 23.9. The van der Waals surface area contributed by atoms with Crippen LogP contribution in [0, 0.1) is 11.8 Å². The average molecular weight is 1050 g/mol. The molecule has 8 amide bonds. The average Bonchev–Trinajstić information content (AvgIpc) is 3.94. The Bertz CT molecular complexity index is 2070. The van der Waals surface area contributed by atoms with Crippen molar-refractivity contribution in [3.63, 3.8) is 0 Å². The number of aliphatic hydroxyl groups excluding tert-OH is 7. The van der Waals surface area contributed by atoms with Crippen LogP contribution in [0.4, 0.5) is 0 Å². The first-order chi connectivity index (χ1) is 34.9. The molecule has 0 aromatic heterocycles. The molecule has 3 saturated heterocycles. The van der Waals surface area contributed by atoms with E-state index in [0.717, 1.165) is 73.8 Å². The molecule has 0 bridgehead atoms. The summed E-state index contributed by atoms with van der Waals surface area (Å²) in [7, 11) is 0. The van der Waals surface area contributed by atoms with Gasteiger partial charge in [-0.05, 0) is 68.6 Å². The minimum absolute atomic E-state index is 0.00775. The molecule has 3 aliphatic rings. The van der Waals surface area contributed by atoms with Gasteiger partial charge in [0.05, 0.1) is 30.8 Å². The van der Waals surface area contributed by atoms with Crippen LogP contribution in [0.5, 0.6) is 5.75 Å². The summed E-state index contributed by atoms with van der Waals surface area (Å²) in [5.74, 6) is -7.87. The summed E-state index contributed by atoms with van der Waals surface area (Å²) < 4.78 is 0. The Morgan fingerprint density at radius 2 is 1.34 bits per heavy atom. The number of benzene rings is 1. The van der Waals surface area contributed by atoms with Gasteiger partial charge in [-0.25, -0.2) is 0 Å². The number of nitrogens with two attached hydrogens (primary N) is 1. The van der Waals surface area contributed by atoms with Crippen LogP contribution >= 0.6 is 0 Å². The number of nitrogens with one attached hydrogen (secondary N) is 5. The van der Waals surface area contributed by atoms with Crippen LogP contribution < -0.4 is 32.3 Å². The molecule has 15 N–H and O–H groups in total. The van der Waals surface area contributed by atoms with Crippen molar-refractivity contribution in [2.24, 2.45) is 17.6 Å². The summed E-state index contributed by atoms with van der Waals surface area (Å²) in [5.41, 5.74) is 5.24. The van der Waals surface area contributed by atoms with Gasteiger partial charge < -0.3 is 83.0 Å². The fraction of sp³-hybridized carbons (Fsp3) is 0.720. The zero-order valence-electron chi connectivity index (χ0n) is 42.8. The summed E-state index contributed by atoms with van der Waals surface area (Å²) in [6, 6.07) is -6.70. The van der Waals surface area contributed by atoms with Gasteiger partial charge in [0.1, 0.15) is 60.4 Å². The van der Waals surface area contributed by atoms with Gasteiger partial charge >= 0.3 is 0 Å². The molecular formula is C50H80N8O16. The second-order valence-corrected chi connectivity index (χ2v) is 20.4. The molecule has 24 nitrogen and oxygen atoms in total. The molecule has 74 heavy (non-hydrogen) atoms. The maximum Gasteiger partial charge on any atom is 0.248 e. The maximum atomic E-state index is 14.4. The lowest BCUT2D eigenvalue weighted by atomic mass is 9.91. The van der Waals surface area contributed by atoms with Gasteiger partial charge in [-0.2, -0.15) is 0 Å². The standard InChI is InChI=1S/C50H80N8O16/c1-5-26(2)22-27(3)12-10-8-6-7-9-11-13-37(65)52-32-18-19-38(66)53-48(72)42-34(62)20-21-57(42)50(74)40(35(63)24-36(51)64)55-47(71)41(44(68)43(67)29-14-16-30(60)17-15-29)56-46(70)33-23-31(61)25-58(33)49(73)39(28(4)59)54-45(32)69/h14-17,26-28,31-35,38-44,59-63,66-68H,5-13,18-25H2,1-4H3,(H2,51,64)(H,52,65)(H,53,72)(H,54,69)(H,55,71)(H,56,70)/t26?,27?,28-,31-,32+,33+,34+,35-,38-,39+,40+,41+,42+,43+,44+/m1/s1. The van der Waals surface area contributed by atoms with Crippen molar-refractivity contribution >= 4 is 47.3 Å². The molecule has 15 atom stereocenters. The molecule has 0 radical (unpaired) electrons. The number of aromatic hydroxyl groups is 1. The molecule has 0 saturated carbocycles. The number of primary amides is 1. The number of hydrogen-bond acceptors (Lipinski definition) is 16. The molecule has 3 heterocycles. The van der Waals surface area contributed by atoms with E-state index in [9.17, 15) is 79.2 Å². The number of phenolic OH excluding ortho intramolecular Hbond substituents is 1. The summed E-state index contributed by atoms with van der Waals surface area (Å²) in [5, 5.41) is 99.5. The second kappa shape index (κ2) is 29.0. The lowest BCUT2D eigenvalue weighted by molar-refractivity contribution is -0.149. The van der Waals surface area contributed by atoms with E-state index in [4.69, 9.17) is 5.73 Å². The lowest BCUT2D eigenvalue weighted by Crippen LogP contribution is -2.64. The quantitative estimate of drug-likeness (QED) is 0.0610. The smallest absolute Gasteiger partial charge is 0.248 e. The van der Waals surface area contributed by atoms with E-state index in [-0.39, 0.29) is 37.1 Å². The molecule has 3 fully saturated rings. The first-order valence-electron chi connectivity index (χ1n) is 25.9. The predicted molar refractivity (Wildman–Crippen MR) is 264 cm³/mol. The third-order valence-electron chi connectivity index (χ3n) is 14.2. The minimum atomic E-state index is -2.34. The maximum absolute atomic E-state index is 14.4. The predicted octanol–water partition coefficient (Wildman–Crippen LogP) is -2.31. The van der Waals surface area contributed by atoms with Crippen molar-refractivity contribution in [3.8, 4) is 5.75 Å². The van der Waals surface area contributed by atoms with Crippen LogP contribution in [-0.4, -0.2) is 184 Å². The summed E-state index contributed by atoms with van der Waals surface area (Å²) in [6.07, 6.45) is -6.75. The summed E-state index contributed by atoms with van der Waals surface area (Å²) in [6.45, 7) is 6.95. The fourth-order valence-corrected chi connectivity index (χ4v) is 9.78. The van der Waals surface area contributed by atoms with Gasteiger partial charge in [0.25, 0.3) is 0 Å².